The molecular weight excluding hydrogens is 207 g/mol. The summed E-state index contributed by atoms with van der Waals surface area (Å²) in [5.41, 5.74) is -0.231. The van der Waals surface area contributed by atoms with Crippen molar-refractivity contribution in [2.75, 3.05) is 0 Å². The summed E-state index contributed by atoms with van der Waals surface area (Å²) in [5.74, 6) is 0. The minimum absolute atomic E-state index is 0. The summed E-state index contributed by atoms with van der Waals surface area (Å²) in [7, 11) is 0. The maximum atomic E-state index is 10.2. The summed E-state index contributed by atoms with van der Waals surface area (Å²) in [6.07, 6.45) is 5.59. The number of rotatable bonds is 0. The summed E-state index contributed by atoms with van der Waals surface area (Å²) in [6, 6.07) is 2.72. The Balaban J connectivity index is 0.000000245. The Bertz CT molecular complexity index is 402. The third-order valence-electron chi connectivity index (χ3n) is 1.19. The van der Waals surface area contributed by atoms with Crippen LogP contribution in [0.5, 0.6) is 0 Å². The number of nitrogens with one attached hydrogen (secondary N) is 2. The molecule has 2 heterocycles. The second-order valence-corrected chi connectivity index (χ2v) is 2.20. The topological polar surface area (TPSA) is 91.5 Å². The third-order valence-corrected chi connectivity index (χ3v) is 1.19. The predicted octanol–water partition coefficient (Wildman–Crippen LogP) is -0.841. The maximum absolute atomic E-state index is 10.2. The van der Waals surface area contributed by atoms with Gasteiger partial charge in [-0.3, -0.25) is 9.59 Å². The van der Waals surface area contributed by atoms with Crippen molar-refractivity contribution in [1.29, 1.82) is 0 Å². The molecule has 0 saturated heterocycles. The van der Waals surface area contributed by atoms with Gasteiger partial charge in [-0.15, -0.1) is 0 Å². The van der Waals surface area contributed by atoms with Crippen molar-refractivity contribution in [3.63, 3.8) is 0 Å². The SMILES string of the molecule is O=c1ccnc[nH]1.O=c1ccnc[nH]1.[Na]. The second kappa shape index (κ2) is 8.10. The molecule has 0 atom stereocenters. The van der Waals surface area contributed by atoms with Crippen molar-refractivity contribution in [3.8, 4) is 0 Å². The van der Waals surface area contributed by atoms with E-state index in [9.17, 15) is 9.59 Å². The average molecular weight is 215 g/mol. The van der Waals surface area contributed by atoms with Gasteiger partial charge in [0.1, 0.15) is 0 Å². The Morgan fingerprint density at radius 2 is 1.27 bits per heavy atom. The fraction of sp³-hybridized carbons (Fsp3) is 0. The predicted molar refractivity (Wildman–Crippen MR) is 55.5 cm³/mol. The first kappa shape index (κ1) is 13.8. The summed E-state index contributed by atoms with van der Waals surface area (Å²) in [6.45, 7) is 0. The van der Waals surface area contributed by atoms with Crippen molar-refractivity contribution in [2.24, 2.45) is 0 Å². The van der Waals surface area contributed by atoms with Crippen LogP contribution in [-0.2, 0) is 0 Å². The minimum atomic E-state index is -0.116. The van der Waals surface area contributed by atoms with E-state index in [2.05, 4.69) is 19.9 Å². The number of nitrogens with zero attached hydrogens (tertiary/aromatic N) is 2. The van der Waals surface area contributed by atoms with E-state index in [1.807, 2.05) is 0 Å². The van der Waals surface area contributed by atoms with Crippen molar-refractivity contribution in [1.82, 2.24) is 19.9 Å². The van der Waals surface area contributed by atoms with Gasteiger partial charge in [0.25, 0.3) is 11.1 Å². The Morgan fingerprint density at radius 3 is 1.40 bits per heavy atom. The Hall–Kier alpha value is -1.24. The molecule has 1 radical (unpaired) electrons. The number of aromatic nitrogens is 4. The first-order valence-electron chi connectivity index (χ1n) is 3.76. The molecule has 6 nitrogen and oxygen atoms in total. The maximum Gasteiger partial charge on any atom is 0.250 e. The van der Waals surface area contributed by atoms with Crippen LogP contribution in [-0.4, -0.2) is 49.5 Å². The number of H-pyrrole nitrogens is 2. The summed E-state index contributed by atoms with van der Waals surface area (Å²) in [4.78, 5) is 32.3. The molecular formula is C8H8N4NaO2. The van der Waals surface area contributed by atoms with E-state index in [0.29, 0.717) is 0 Å². The molecule has 0 aliphatic rings. The number of hydrogen-bond acceptors (Lipinski definition) is 4. The van der Waals surface area contributed by atoms with Crippen LogP contribution < -0.4 is 11.1 Å². The molecule has 0 aliphatic carbocycles. The fourth-order valence-corrected chi connectivity index (χ4v) is 0.606. The van der Waals surface area contributed by atoms with Gasteiger partial charge in [-0.25, -0.2) is 9.97 Å². The fourth-order valence-electron chi connectivity index (χ4n) is 0.606. The molecule has 15 heavy (non-hydrogen) atoms. The normalized spacial score (nSPS) is 8.00. The Kier molecular flexibility index (Phi) is 7.43. The Morgan fingerprint density at radius 1 is 0.867 bits per heavy atom. The molecule has 73 valence electrons. The van der Waals surface area contributed by atoms with E-state index in [0.717, 1.165) is 0 Å². The van der Waals surface area contributed by atoms with Gasteiger partial charge in [-0.05, 0) is 0 Å². The van der Waals surface area contributed by atoms with E-state index < -0.39 is 0 Å². The van der Waals surface area contributed by atoms with Gasteiger partial charge < -0.3 is 9.97 Å². The van der Waals surface area contributed by atoms with Crippen LogP contribution in [0.3, 0.4) is 0 Å². The quantitative estimate of drug-likeness (QED) is 0.560. The second-order valence-electron chi connectivity index (χ2n) is 2.20. The molecule has 2 aromatic rings. The molecule has 0 saturated carbocycles. The van der Waals surface area contributed by atoms with Crippen molar-refractivity contribution in [2.45, 2.75) is 0 Å². The van der Waals surface area contributed by atoms with Crippen LogP contribution in [0.4, 0.5) is 0 Å². The van der Waals surface area contributed by atoms with Gasteiger partial charge >= 0.3 is 0 Å². The molecule has 0 bridgehead atoms. The van der Waals surface area contributed by atoms with Gasteiger partial charge in [0.05, 0.1) is 12.7 Å². The molecule has 0 aromatic carbocycles. The van der Waals surface area contributed by atoms with Crippen LogP contribution in [0.25, 0.3) is 0 Å². The molecule has 0 spiro atoms. The van der Waals surface area contributed by atoms with Gasteiger partial charge in [0.15, 0.2) is 0 Å². The largest absolute Gasteiger partial charge is 0.313 e. The zero-order valence-electron chi connectivity index (χ0n) is 8.18. The van der Waals surface area contributed by atoms with Crippen LogP contribution in [0.15, 0.2) is 46.8 Å². The van der Waals surface area contributed by atoms with E-state index in [4.69, 9.17) is 0 Å². The molecule has 0 unspecified atom stereocenters. The van der Waals surface area contributed by atoms with Crippen LogP contribution in [0.2, 0.25) is 0 Å². The molecule has 2 aromatic heterocycles. The van der Waals surface area contributed by atoms with Crippen LogP contribution in [0.1, 0.15) is 0 Å². The molecule has 0 amide bonds. The third kappa shape index (κ3) is 6.78. The number of aromatic amines is 2. The van der Waals surface area contributed by atoms with Crippen molar-refractivity contribution >= 4 is 29.6 Å². The van der Waals surface area contributed by atoms with Crippen molar-refractivity contribution in [3.05, 3.63) is 57.9 Å². The van der Waals surface area contributed by atoms with Gasteiger partial charge in [0.2, 0.25) is 0 Å². The zero-order valence-corrected chi connectivity index (χ0v) is 10.2. The van der Waals surface area contributed by atoms with E-state index in [1.165, 1.54) is 37.2 Å². The average Bonchev–Trinajstić information content (AvgIpc) is 2.21. The summed E-state index contributed by atoms with van der Waals surface area (Å²) >= 11 is 0. The van der Waals surface area contributed by atoms with Crippen LogP contribution in [0, 0.1) is 0 Å². The van der Waals surface area contributed by atoms with Gasteiger partial charge in [-0.1, -0.05) is 0 Å². The Labute approximate surface area is 107 Å². The van der Waals surface area contributed by atoms with E-state index in [-0.39, 0.29) is 40.7 Å². The van der Waals surface area contributed by atoms with Gasteiger partial charge in [0, 0.05) is 54.1 Å². The molecule has 0 aliphatic heterocycles. The van der Waals surface area contributed by atoms with E-state index in [1.54, 1.807) is 0 Å². The molecule has 2 rings (SSSR count). The summed E-state index contributed by atoms with van der Waals surface area (Å²) < 4.78 is 0. The minimum Gasteiger partial charge on any atom is -0.313 e. The smallest absolute Gasteiger partial charge is 0.250 e. The molecule has 0 fully saturated rings. The monoisotopic (exact) mass is 215 g/mol. The first-order chi connectivity index (χ1) is 6.79. The first-order valence-corrected chi connectivity index (χ1v) is 3.76. The van der Waals surface area contributed by atoms with Crippen LogP contribution >= 0.6 is 0 Å². The molecule has 2 N–H and O–H groups in total. The van der Waals surface area contributed by atoms with E-state index >= 15 is 0 Å². The molecule has 7 heteroatoms. The van der Waals surface area contributed by atoms with Crippen molar-refractivity contribution < 1.29 is 0 Å². The number of hydrogen-bond donors (Lipinski definition) is 2. The summed E-state index contributed by atoms with van der Waals surface area (Å²) in [5, 5.41) is 0. The zero-order chi connectivity index (χ0) is 10.2. The standard InChI is InChI=1S/2C4H4N2O.Na/c2*7-4-1-2-5-3-6-4;/h2*1-3H,(H,5,6,7);. The van der Waals surface area contributed by atoms with Gasteiger partial charge in [-0.2, -0.15) is 0 Å².